The Morgan fingerprint density at radius 1 is 0.698 bits per heavy atom. The van der Waals surface area contributed by atoms with Gasteiger partial charge in [-0.25, -0.2) is 9.97 Å². The average molecular weight is 738 g/mol. The zero-order chi connectivity index (χ0) is 38.8. The second-order valence-corrected chi connectivity index (χ2v) is 14.8. The molecule has 4 atom stereocenters. The summed E-state index contributed by atoms with van der Waals surface area (Å²) in [5, 5.41) is 8.36. The molecule has 2 rings (SSSR count). The number of carbonyl (C=O) groups is 5. The van der Waals surface area contributed by atoms with Crippen LogP contribution in [0.15, 0.2) is 37.2 Å². The molecule has 0 aliphatic heterocycles. The Labute approximate surface area is 317 Å². The van der Waals surface area contributed by atoms with Crippen molar-refractivity contribution in [1.29, 1.82) is 0 Å². The van der Waals surface area contributed by atoms with E-state index in [0.717, 1.165) is 44.2 Å². The molecule has 0 saturated carbocycles. The van der Waals surface area contributed by atoms with Crippen molar-refractivity contribution in [3.8, 4) is 0 Å². The van der Waals surface area contributed by atoms with E-state index in [1.165, 1.54) is 64.6 Å². The van der Waals surface area contributed by atoms with Crippen LogP contribution in [0.1, 0.15) is 142 Å². The predicted molar refractivity (Wildman–Crippen MR) is 209 cm³/mol. The molecule has 0 spiro atoms. The molecule has 2 aromatic rings. The van der Waals surface area contributed by atoms with E-state index in [4.69, 9.17) is 0 Å². The van der Waals surface area contributed by atoms with Gasteiger partial charge < -0.3 is 25.9 Å². The van der Waals surface area contributed by atoms with Gasteiger partial charge in [-0.1, -0.05) is 91.2 Å². The molecule has 2 aromatic heterocycles. The van der Waals surface area contributed by atoms with Gasteiger partial charge in [0.05, 0.1) is 30.7 Å². The number of aromatic amines is 2. The fourth-order valence-electron chi connectivity index (χ4n) is 6.43. The summed E-state index contributed by atoms with van der Waals surface area (Å²) in [5.74, 6) is -3.06. The number of nitrogens with one attached hydrogen (secondary N) is 5. The quantitative estimate of drug-likeness (QED) is 0.0449. The second kappa shape index (κ2) is 26.6. The van der Waals surface area contributed by atoms with Crippen molar-refractivity contribution in [1.82, 2.24) is 35.9 Å². The number of amides is 3. The van der Waals surface area contributed by atoms with E-state index < -0.39 is 29.8 Å². The minimum absolute atomic E-state index is 0.0654. The monoisotopic (exact) mass is 738 g/mol. The predicted octanol–water partition coefficient (Wildman–Crippen LogP) is 6.50. The highest BCUT2D eigenvalue weighted by Crippen LogP contribution is 2.17. The van der Waals surface area contributed by atoms with E-state index in [1.54, 1.807) is 19.3 Å². The highest BCUT2D eigenvalue weighted by Gasteiger charge is 2.32. The number of hydrogen-bond donors (Lipinski definition) is 5. The Kier molecular flexibility index (Phi) is 22.7. The van der Waals surface area contributed by atoms with Crippen LogP contribution in [0.4, 0.5) is 0 Å². The van der Waals surface area contributed by atoms with Crippen molar-refractivity contribution in [3.05, 3.63) is 48.6 Å². The SMILES string of the molecule is CCCCCCCC/C=C/CCCCCCCC(=O)N[C@@H](Cc1cnc[nH]1)C(=O)C[C@@H](C)C(=O)N[C@H](C(=O)C[C@@H](Cc1cnc[nH]1)C(=O)NC)C(C)C. The van der Waals surface area contributed by atoms with E-state index in [0.29, 0.717) is 18.5 Å². The molecular formula is C41H67N7O5. The number of aromatic nitrogens is 4. The summed E-state index contributed by atoms with van der Waals surface area (Å²) in [4.78, 5) is 79.8. The Morgan fingerprint density at radius 3 is 1.81 bits per heavy atom. The van der Waals surface area contributed by atoms with E-state index in [1.807, 2.05) is 13.8 Å². The van der Waals surface area contributed by atoms with Crippen LogP contribution in [0.25, 0.3) is 0 Å². The van der Waals surface area contributed by atoms with Crippen LogP contribution >= 0.6 is 0 Å². The van der Waals surface area contributed by atoms with E-state index in [9.17, 15) is 24.0 Å². The molecule has 0 unspecified atom stereocenters. The van der Waals surface area contributed by atoms with Crippen molar-refractivity contribution >= 4 is 29.3 Å². The lowest BCUT2D eigenvalue weighted by Gasteiger charge is -2.25. The molecule has 12 nitrogen and oxygen atoms in total. The Hall–Kier alpha value is -4.09. The third kappa shape index (κ3) is 19.0. The first-order valence-electron chi connectivity index (χ1n) is 20.0. The maximum absolute atomic E-state index is 13.5. The molecule has 12 heteroatoms. The van der Waals surface area contributed by atoms with Gasteiger partial charge in [0.15, 0.2) is 11.6 Å². The molecule has 296 valence electrons. The van der Waals surface area contributed by atoms with Gasteiger partial charge in [-0.05, 0) is 38.0 Å². The number of imidazole rings is 2. The summed E-state index contributed by atoms with van der Waals surface area (Å²) in [6.45, 7) is 7.54. The molecule has 3 amide bonds. The number of unbranched alkanes of at least 4 members (excludes halogenated alkanes) is 11. The van der Waals surface area contributed by atoms with Gasteiger partial charge in [0.2, 0.25) is 17.7 Å². The van der Waals surface area contributed by atoms with Crippen molar-refractivity contribution in [2.24, 2.45) is 17.8 Å². The maximum Gasteiger partial charge on any atom is 0.223 e. The van der Waals surface area contributed by atoms with Crippen LogP contribution < -0.4 is 16.0 Å². The summed E-state index contributed by atoms with van der Waals surface area (Å²) >= 11 is 0. The Bertz CT molecular complexity index is 1360. The van der Waals surface area contributed by atoms with Crippen molar-refractivity contribution < 1.29 is 24.0 Å². The summed E-state index contributed by atoms with van der Waals surface area (Å²) in [6.07, 6.45) is 26.8. The number of H-pyrrole nitrogens is 2. The minimum atomic E-state index is -0.833. The number of ketones is 2. The Morgan fingerprint density at radius 2 is 1.26 bits per heavy atom. The maximum atomic E-state index is 13.5. The van der Waals surface area contributed by atoms with Gasteiger partial charge >= 0.3 is 0 Å². The molecule has 0 saturated heterocycles. The van der Waals surface area contributed by atoms with Crippen LogP contribution in [0, 0.1) is 17.8 Å². The molecule has 0 aromatic carbocycles. The first kappa shape index (κ1) is 45.1. The molecular weight excluding hydrogens is 670 g/mol. The molecule has 0 fully saturated rings. The van der Waals surface area contributed by atoms with Crippen LogP contribution in [-0.2, 0) is 36.8 Å². The third-order valence-corrected chi connectivity index (χ3v) is 9.72. The van der Waals surface area contributed by atoms with E-state index in [-0.39, 0.29) is 48.6 Å². The standard InChI is InChI=1S/C41H67N7O5/c1-6-7-8-9-10-11-12-13-14-15-16-17-18-19-20-21-38(51)47-35(25-34-27-44-29-46-34)36(49)22-31(4)40(52)48-39(30(2)3)37(50)24-32(41(53)42-5)23-33-26-43-28-45-33/h13-14,26-32,35,39H,6-12,15-25H2,1-5H3,(H,42,53)(H,43,45)(H,44,46)(H,47,51)(H,48,52)/b14-13+/t31-,32-,35+,39+/m1/s1. The number of rotatable bonds is 30. The molecule has 0 bridgehead atoms. The number of carbonyl (C=O) groups excluding carboxylic acids is 5. The van der Waals surface area contributed by atoms with Crippen LogP contribution in [-0.4, -0.2) is 68.4 Å². The van der Waals surface area contributed by atoms with Gasteiger partial charge in [-0.2, -0.15) is 0 Å². The van der Waals surface area contributed by atoms with Crippen molar-refractivity contribution in [2.75, 3.05) is 7.05 Å². The zero-order valence-electron chi connectivity index (χ0n) is 33.0. The highest BCUT2D eigenvalue weighted by atomic mass is 16.2. The van der Waals surface area contributed by atoms with Crippen molar-refractivity contribution in [3.63, 3.8) is 0 Å². The first-order chi connectivity index (χ1) is 25.5. The number of allylic oxidation sites excluding steroid dienone is 2. The molecule has 53 heavy (non-hydrogen) atoms. The summed E-state index contributed by atoms with van der Waals surface area (Å²) in [6, 6.07) is -1.65. The Balaban J connectivity index is 1.82. The van der Waals surface area contributed by atoms with Gasteiger partial charge in [-0.15, -0.1) is 0 Å². The topological polar surface area (TPSA) is 179 Å². The van der Waals surface area contributed by atoms with Crippen LogP contribution in [0.3, 0.4) is 0 Å². The largest absolute Gasteiger partial charge is 0.359 e. The highest BCUT2D eigenvalue weighted by molar-refractivity contribution is 5.95. The lowest BCUT2D eigenvalue weighted by molar-refractivity contribution is -0.134. The van der Waals surface area contributed by atoms with Crippen molar-refractivity contribution in [2.45, 2.75) is 155 Å². The third-order valence-electron chi connectivity index (χ3n) is 9.72. The molecule has 0 aliphatic rings. The molecule has 0 aliphatic carbocycles. The van der Waals surface area contributed by atoms with Crippen LogP contribution in [0.2, 0.25) is 0 Å². The molecule has 2 heterocycles. The summed E-state index contributed by atoms with van der Waals surface area (Å²) in [5.41, 5.74) is 1.43. The van der Waals surface area contributed by atoms with E-state index >= 15 is 0 Å². The number of hydrogen-bond acceptors (Lipinski definition) is 7. The first-order valence-corrected chi connectivity index (χ1v) is 20.0. The fraction of sp³-hybridized carbons (Fsp3) is 0.683. The number of Topliss-reactive ketones (excluding diaryl/α,β-unsaturated/α-hetero) is 2. The summed E-state index contributed by atoms with van der Waals surface area (Å²) in [7, 11) is 1.52. The molecule has 0 radical (unpaired) electrons. The fourth-order valence-corrected chi connectivity index (χ4v) is 6.43. The van der Waals surface area contributed by atoms with Gasteiger partial charge in [-0.3, -0.25) is 24.0 Å². The van der Waals surface area contributed by atoms with Gasteiger partial charge in [0, 0.05) is 68.9 Å². The lowest BCUT2D eigenvalue weighted by Crippen LogP contribution is -2.48. The second-order valence-electron chi connectivity index (χ2n) is 14.8. The smallest absolute Gasteiger partial charge is 0.223 e. The van der Waals surface area contributed by atoms with E-state index in [2.05, 4.69) is 55.0 Å². The van der Waals surface area contributed by atoms with Gasteiger partial charge in [0.25, 0.3) is 0 Å². The summed E-state index contributed by atoms with van der Waals surface area (Å²) < 4.78 is 0. The average Bonchev–Trinajstić information content (AvgIpc) is 3.86. The lowest BCUT2D eigenvalue weighted by atomic mass is 9.89. The van der Waals surface area contributed by atoms with Crippen LogP contribution in [0.5, 0.6) is 0 Å². The molecule has 5 N–H and O–H groups in total. The zero-order valence-corrected chi connectivity index (χ0v) is 33.0. The van der Waals surface area contributed by atoms with Gasteiger partial charge in [0.1, 0.15) is 0 Å². The number of nitrogens with zero attached hydrogens (tertiary/aromatic N) is 2. The normalized spacial score (nSPS) is 13.8. The minimum Gasteiger partial charge on any atom is -0.359 e.